The Labute approximate surface area is 67.4 Å². The molecular weight excluding hydrogens is 168 g/mol. The third kappa shape index (κ3) is 3.18. The number of methoxy groups -OCH3 is 2. The maximum Gasteiger partial charge on any atom is 0.173 e. The second-order valence-electron chi connectivity index (χ2n) is 2.37. The van der Waals surface area contributed by atoms with Crippen LogP contribution in [0.1, 0.15) is 6.92 Å². The van der Waals surface area contributed by atoms with Crippen LogP contribution in [0.3, 0.4) is 0 Å². The lowest BCUT2D eigenvalue weighted by molar-refractivity contribution is -0.100. The average molecular weight is 182 g/mol. The first-order chi connectivity index (χ1) is 4.93. The lowest BCUT2D eigenvalue weighted by atomic mass is 10.5. The molecule has 0 heterocycles. The molecule has 0 N–H and O–H groups in total. The van der Waals surface area contributed by atoms with Crippen LogP contribution in [0, 0.1) is 0 Å². The third-order valence-electron chi connectivity index (χ3n) is 1.52. The highest BCUT2D eigenvalue weighted by Gasteiger charge is 2.25. The van der Waals surface area contributed by atoms with Crippen LogP contribution in [0.4, 0.5) is 0 Å². The van der Waals surface area contributed by atoms with Crippen LogP contribution in [0.5, 0.6) is 0 Å². The first-order valence-electron chi connectivity index (χ1n) is 3.18. The van der Waals surface area contributed by atoms with E-state index in [4.69, 9.17) is 9.47 Å². The van der Waals surface area contributed by atoms with Gasteiger partial charge in [0.25, 0.3) is 0 Å². The molecule has 0 bridgehead atoms. The molecule has 0 aliphatic heterocycles. The molecule has 1 unspecified atom stereocenters. The van der Waals surface area contributed by atoms with Gasteiger partial charge in [0.2, 0.25) is 0 Å². The molecule has 1 atom stereocenters. The van der Waals surface area contributed by atoms with E-state index >= 15 is 0 Å². The summed E-state index contributed by atoms with van der Waals surface area (Å²) in [6.45, 7) is 1.55. The smallest absolute Gasteiger partial charge is 0.173 e. The topological polar surface area (TPSA) is 52.6 Å². The van der Waals surface area contributed by atoms with Crippen molar-refractivity contribution in [2.75, 3.05) is 20.5 Å². The number of sulfone groups is 1. The van der Waals surface area contributed by atoms with E-state index in [1.807, 2.05) is 0 Å². The minimum absolute atomic E-state index is 0.627. The van der Waals surface area contributed by atoms with Crippen molar-refractivity contribution in [3.8, 4) is 0 Å². The Hall–Kier alpha value is -0.130. The summed E-state index contributed by atoms with van der Waals surface area (Å²) in [5.41, 5.74) is 0. The van der Waals surface area contributed by atoms with Crippen molar-refractivity contribution in [1.29, 1.82) is 0 Å². The van der Waals surface area contributed by atoms with Gasteiger partial charge in [-0.15, -0.1) is 0 Å². The molecular formula is C6H14O4S. The van der Waals surface area contributed by atoms with Gasteiger partial charge in [-0.2, -0.15) is 0 Å². The summed E-state index contributed by atoms with van der Waals surface area (Å²) in [5.74, 6) is 0. The van der Waals surface area contributed by atoms with Crippen LogP contribution in [0.15, 0.2) is 0 Å². The van der Waals surface area contributed by atoms with Gasteiger partial charge in [-0.25, -0.2) is 8.42 Å². The second-order valence-corrected chi connectivity index (χ2v) is 4.78. The fraction of sp³-hybridized carbons (Fsp3) is 1.00. The quantitative estimate of drug-likeness (QED) is 0.576. The molecule has 5 heteroatoms. The minimum atomic E-state index is -3.08. The molecule has 4 nitrogen and oxygen atoms in total. The van der Waals surface area contributed by atoms with Gasteiger partial charge < -0.3 is 9.47 Å². The SMILES string of the molecule is COC(OC)C(C)S(C)(=O)=O. The van der Waals surface area contributed by atoms with Crippen molar-refractivity contribution < 1.29 is 17.9 Å². The van der Waals surface area contributed by atoms with Crippen molar-refractivity contribution in [1.82, 2.24) is 0 Å². The van der Waals surface area contributed by atoms with E-state index in [2.05, 4.69) is 0 Å². The van der Waals surface area contributed by atoms with Crippen molar-refractivity contribution in [3.05, 3.63) is 0 Å². The summed E-state index contributed by atoms with van der Waals surface area (Å²) >= 11 is 0. The van der Waals surface area contributed by atoms with E-state index in [9.17, 15) is 8.42 Å². The van der Waals surface area contributed by atoms with Gasteiger partial charge in [0.15, 0.2) is 16.1 Å². The fourth-order valence-electron chi connectivity index (χ4n) is 0.681. The molecule has 0 aromatic rings. The van der Waals surface area contributed by atoms with Gasteiger partial charge >= 0.3 is 0 Å². The second kappa shape index (κ2) is 4.04. The molecule has 0 fully saturated rings. The number of ether oxygens (including phenoxy) is 2. The van der Waals surface area contributed by atoms with E-state index in [0.29, 0.717) is 0 Å². The van der Waals surface area contributed by atoms with Crippen LogP contribution in [-0.2, 0) is 19.3 Å². The summed E-state index contributed by atoms with van der Waals surface area (Å²) in [4.78, 5) is 0. The monoisotopic (exact) mass is 182 g/mol. The number of rotatable bonds is 4. The Morgan fingerprint density at radius 1 is 1.18 bits per heavy atom. The fourth-order valence-corrected chi connectivity index (χ4v) is 1.31. The highest BCUT2D eigenvalue weighted by atomic mass is 32.2. The van der Waals surface area contributed by atoms with Crippen LogP contribution < -0.4 is 0 Å². The third-order valence-corrected chi connectivity index (χ3v) is 3.10. The lowest BCUT2D eigenvalue weighted by Gasteiger charge is -2.18. The van der Waals surface area contributed by atoms with E-state index in [0.717, 1.165) is 6.26 Å². The Morgan fingerprint density at radius 3 is 1.64 bits per heavy atom. The maximum atomic E-state index is 10.9. The zero-order chi connectivity index (χ0) is 9.07. The Morgan fingerprint density at radius 2 is 1.55 bits per heavy atom. The highest BCUT2D eigenvalue weighted by Crippen LogP contribution is 2.07. The van der Waals surface area contributed by atoms with Crippen LogP contribution >= 0.6 is 0 Å². The molecule has 0 amide bonds. The lowest BCUT2D eigenvalue weighted by Crippen LogP contribution is -2.33. The standard InChI is InChI=1S/C6H14O4S/c1-5(11(4,7)8)6(9-2)10-3/h5-6H,1-4H3. The van der Waals surface area contributed by atoms with Crippen molar-refractivity contribution in [2.45, 2.75) is 18.5 Å². The molecule has 0 aromatic carbocycles. The van der Waals surface area contributed by atoms with Crippen molar-refractivity contribution >= 4 is 9.84 Å². The molecule has 0 aromatic heterocycles. The molecule has 0 saturated heterocycles. The van der Waals surface area contributed by atoms with E-state index < -0.39 is 21.4 Å². The van der Waals surface area contributed by atoms with Crippen molar-refractivity contribution in [3.63, 3.8) is 0 Å². The van der Waals surface area contributed by atoms with E-state index in [1.54, 1.807) is 6.92 Å². The molecule has 0 rings (SSSR count). The Balaban J connectivity index is 4.33. The summed E-state index contributed by atoms with van der Waals surface area (Å²) in [7, 11) is -0.251. The maximum absolute atomic E-state index is 10.9. The van der Waals surface area contributed by atoms with E-state index in [1.165, 1.54) is 14.2 Å². The van der Waals surface area contributed by atoms with Crippen molar-refractivity contribution in [2.24, 2.45) is 0 Å². The van der Waals surface area contributed by atoms with Gasteiger partial charge in [0.1, 0.15) is 5.25 Å². The van der Waals surface area contributed by atoms with Gasteiger partial charge in [0, 0.05) is 20.5 Å². The first-order valence-corrected chi connectivity index (χ1v) is 5.13. The van der Waals surface area contributed by atoms with Crippen LogP contribution in [0.2, 0.25) is 0 Å². The largest absolute Gasteiger partial charge is 0.355 e. The summed E-state index contributed by atoms with van der Waals surface area (Å²) in [6, 6.07) is 0. The van der Waals surface area contributed by atoms with Crippen LogP contribution in [-0.4, -0.2) is 40.4 Å². The first kappa shape index (κ1) is 10.9. The Bertz CT molecular complexity index is 193. The molecule has 0 aliphatic carbocycles. The predicted octanol–water partition coefficient (Wildman–Crippen LogP) is 0.0384. The highest BCUT2D eigenvalue weighted by molar-refractivity contribution is 7.91. The molecule has 0 saturated carbocycles. The van der Waals surface area contributed by atoms with Crippen LogP contribution in [0.25, 0.3) is 0 Å². The molecule has 68 valence electrons. The van der Waals surface area contributed by atoms with Gasteiger partial charge in [-0.1, -0.05) is 0 Å². The molecule has 0 radical (unpaired) electrons. The van der Waals surface area contributed by atoms with Gasteiger partial charge in [-0.3, -0.25) is 0 Å². The zero-order valence-corrected chi connectivity index (χ0v) is 8.01. The Kier molecular flexibility index (Phi) is 3.99. The minimum Gasteiger partial charge on any atom is -0.355 e. The number of hydrogen-bond donors (Lipinski definition) is 0. The number of hydrogen-bond acceptors (Lipinski definition) is 4. The summed E-state index contributed by atoms with van der Waals surface area (Å²) in [6.07, 6.45) is 0.480. The zero-order valence-electron chi connectivity index (χ0n) is 7.20. The predicted molar refractivity (Wildman–Crippen MR) is 42.1 cm³/mol. The van der Waals surface area contributed by atoms with E-state index in [-0.39, 0.29) is 0 Å². The summed E-state index contributed by atoms with van der Waals surface area (Å²) < 4.78 is 31.4. The summed E-state index contributed by atoms with van der Waals surface area (Å²) in [5, 5.41) is -0.627. The molecule has 0 aliphatic rings. The average Bonchev–Trinajstić information content (AvgIpc) is 1.88. The van der Waals surface area contributed by atoms with Gasteiger partial charge in [0.05, 0.1) is 0 Å². The normalized spacial score (nSPS) is 15.4. The van der Waals surface area contributed by atoms with Gasteiger partial charge in [-0.05, 0) is 6.92 Å². The molecule has 11 heavy (non-hydrogen) atoms. The molecule has 0 spiro atoms.